The number of hydrogen-bond donors (Lipinski definition) is 3. The highest BCUT2D eigenvalue weighted by Crippen LogP contribution is 2.15. The molecule has 0 aromatic heterocycles. The van der Waals surface area contributed by atoms with Gasteiger partial charge in [0, 0.05) is 24.5 Å². The van der Waals surface area contributed by atoms with Crippen LogP contribution in [0.3, 0.4) is 0 Å². The first-order valence-electron chi connectivity index (χ1n) is 7.68. The maximum atomic E-state index is 11.8. The Hall–Kier alpha value is -1.39. The van der Waals surface area contributed by atoms with Gasteiger partial charge in [0.15, 0.2) is 0 Å². The van der Waals surface area contributed by atoms with Gasteiger partial charge >= 0.3 is 0 Å². The minimum absolute atomic E-state index is 0.118. The Morgan fingerprint density at radius 1 is 1.24 bits per heavy atom. The molecule has 0 fully saturated rings. The van der Waals surface area contributed by atoms with Crippen molar-refractivity contribution in [3.05, 3.63) is 35.9 Å². The van der Waals surface area contributed by atoms with Gasteiger partial charge in [-0.15, -0.1) is 0 Å². The Kier molecular flexibility index (Phi) is 7.40. The van der Waals surface area contributed by atoms with Gasteiger partial charge in [0.25, 0.3) is 0 Å². The van der Waals surface area contributed by atoms with Crippen molar-refractivity contribution in [2.75, 3.05) is 20.1 Å². The lowest BCUT2D eigenvalue weighted by Gasteiger charge is -2.31. The molecule has 3 N–H and O–H groups in total. The van der Waals surface area contributed by atoms with Crippen molar-refractivity contribution >= 4 is 5.91 Å². The molecule has 0 bridgehead atoms. The Bertz CT molecular complexity index is 417. The van der Waals surface area contributed by atoms with E-state index in [9.17, 15) is 4.79 Å². The summed E-state index contributed by atoms with van der Waals surface area (Å²) in [5.74, 6) is 0.118. The predicted octanol–water partition coefficient (Wildman–Crippen LogP) is 2.23. The number of amides is 1. The number of carbonyl (C=O) groups excluding carboxylic acids is 1. The van der Waals surface area contributed by atoms with E-state index in [1.807, 2.05) is 25.2 Å². The summed E-state index contributed by atoms with van der Waals surface area (Å²) in [5.41, 5.74) is 1.11. The van der Waals surface area contributed by atoms with Crippen LogP contribution in [-0.2, 0) is 4.79 Å². The molecular weight excluding hydrogens is 262 g/mol. The Morgan fingerprint density at radius 2 is 1.90 bits per heavy atom. The Balaban J connectivity index is 2.37. The monoisotopic (exact) mass is 291 g/mol. The van der Waals surface area contributed by atoms with Gasteiger partial charge in [0.05, 0.1) is 0 Å². The van der Waals surface area contributed by atoms with Crippen molar-refractivity contribution in [2.24, 2.45) is 0 Å². The molecule has 0 saturated heterocycles. The fourth-order valence-corrected chi connectivity index (χ4v) is 2.30. The van der Waals surface area contributed by atoms with Crippen molar-refractivity contribution in [2.45, 2.75) is 45.2 Å². The summed E-state index contributed by atoms with van der Waals surface area (Å²) in [7, 11) is 1.90. The lowest BCUT2D eigenvalue weighted by atomic mass is 10.0. The van der Waals surface area contributed by atoms with E-state index in [0.29, 0.717) is 13.0 Å². The summed E-state index contributed by atoms with van der Waals surface area (Å²) in [4.78, 5) is 11.8. The fourth-order valence-electron chi connectivity index (χ4n) is 2.30. The third kappa shape index (κ3) is 7.25. The van der Waals surface area contributed by atoms with E-state index < -0.39 is 0 Å². The topological polar surface area (TPSA) is 53.2 Å². The number of carbonyl (C=O) groups is 1. The lowest BCUT2D eigenvalue weighted by Crippen LogP contribution is -2.49. The molecule has 118 valence electrons. The van der Waals surface area contributed by atoms with E-state index in [-0.39, 0.29) is 17.5 Å². The van der Waals surface area contributed by atoms with Crippen molar-refractivity contribution in [3.8, 4) is 0 Å². The molecule has 0 aliphatic heterocycles. The molecule has 0 aliphatic carbocycles. The molecule has 0 radical (unpaired) electrons. The van der Waals surface area contributed by atoms with E-state index in [1.54, 1.807) is 0 Å². The molecule has 0 spiro atoms. The van der Waals surface area contributed by atoms with Gasteiger partial charge in [0.1, 0.15) is 0 Å². The van der Waals surface area contributed by atoms with Crippen LogP contribution in [0.25, 0.3) is 0 Å². The van der Waals surface area contributed by atoms with Crippen LogP contribution < -0.4 is 16.0 Å². The van der Waals surface area contributed by atoms with E-state index in [2.05, 4.69) is 48.9 Å². The number of nitrogens with one attached hydrogen (secondary N) is 3. The van der Waals surface area contributed by atoms with Gasteiger partial charge < -0.3 is 16.0 Å². The SMILES string of the molecule is CNCCCC(=O)NCC(C)(C)NC(C)c1ccccc1. The van der Waals surface area contributed by atoms with Crippen LogP contribution in [0.4, 0.5) is 0 Å². The van der Waals surface area contributed by atoms with Crippen molar-refractivity contribution in [1.29, 1.82) is 0 Å². The highest BCUT2D eigenvalue weighted by atomic mass is 16.1. The zero-order valence-corrected chi connectivity index (χ0v) is 13.7. The molecule has 0 aliphatic rings. The van der Waals surface area contributed by atoms with Crippen molar-refractivity contribution in [1.82, 2.24) is 16.0 Å². The summed E-state index contributed by atoms with van der Waals surface area (Å²) >= 11 is 0. The van der Waals surface area contributed by atoms with Crippen LogP contribution in [0.15, 0.2) is 30.3 Å². The molecule has 1 rings (SSSR count). The van der Waals surface area contributed by atoms with Crippen molar-refractivity contribution in [3.63, 3.8) is 0 Å². The fraction of sp³-hybridized carbons (Fsp3) is 0.588. The summed E-state index contributed by atoms with van der Waals surface area (Å²) < 4.78 is 0. The van der Waals surface area contributed by atoms with Gasteiger partial charge in [0.2, 0.25) is 5.91 Å². The van der Waals surface area contributed by atoms with Gasteiger partial charge in [-0.2, -0.15) is 0 Å². The van der Waals surface area contributed by atoms with E-state index >= 15 is 0 Å². The molecule has 4 nitrogen and oxygen atoms in total. The molecule has 0 heterocycles. The van der Waals surface area contributed by atoms with Gasteiger partial charge in [-0.1, -0.05) is 30.3 Å². The van der Waals surface area contributed by atoms with Gasteiger partial charge in [-0.05, 0) is 46.3 Å². The summed E-state index contributed by atoms with van der Waals surface area (Å²) in [6.45, 7) is 7.87. The maximum absolute atomic E-state index is 11.8. The first-order chi connectivity index (χ1) is 9.94. The van der Waals surface area contributed by atoms with Crippen LogP contribution in [-0.4, -0.2) is 31.6 Å². The second-order valence-electron chi connectivity index (χ2n) is 6.14. The summed E-state index contributed by atoms with van der Waals surface area (Å²) in [6.07, 6.45) is 1.45. The Labute approximate surface area is 128 Å². The van der Waals surface area contributed by atoms with Crippen LogP contribution in [0.5, 0.6) is 0 Å². The molecule has 1 amide bonds. The molecule has 21 heavy (non-hydrogen) atoms. The first kappa shape index (κ1) is 17.7. The molecule has 1 aromatic carbocycles. The quantitative estimate of drug-likeness (QED) is 0.612. The minimum Gasteiger partial charge on any atom is -0.354 e. The smallest absolute Gasteiger partial charge is 0.220 e. The molecule has 1 aromatic rings. The molecule has 1 atom stereocenters. The molecule has 4 heteroatoms. The third-order valence-corrected chi connectivity index (χ3v) is 3.46. The zero-order valence-electron chi connectivity index (χ0n) is 13.7. The number of rotatable bonds is 9. The number of hydrogen-bond acceptors (Lipinski definition) is 3. The standard InChI is InChI=1S/C17H29N3O/c1-14(15-9-6-5-7-10-15)20-17(2,3)13-19-16(21)11-8-12-18-4/h5-7,9-10,14,18,20H,8,11-13H2,1-4H3,(H,19,21). The highest BCUT2D eigenvalue weighted by Gasteiger charge is 2.21. The summed E-state index contributed by atoms with van der Waals surface area (Å²) in [5, 5.41) is 9.62. The molecule has 1 unspecified atom stereocenters. The second-order valence-corrected chi connectivity index (χ2v) is 6.14. The van der Waals surface area contributed by atoms with Crippen LogP contribution in [0, 0.1) is 0 Å². The maximum Gasteiger partial charge on any atom is 0.220 e. The zero-order chi connectivity index (χ0) is 15.7. The van der Waals surface area contributed by atoms with Crippen LogP contribution in [0.1, 0.15) is 45.2 Å². The van der Waals surface area contributed by atoms with Crippen LogP contribution in [0.2, 0.25) is 0 Å². The number of benzene rings is 1. The normalized spacial score (nSPS) is 13.0. The average molecular weight is 291 g/mol. The third-order valence-electron chi connectivity index (χ3n) is 3.46. The van der Waals surface area contributed by atoms with Gasteiger partial charge in [-0.3, -0.25) is 4.79 Å². The van der Waals surface area contributed by atoms with E-state index in [0.717, 1.165) is 13.0 Å². The molecular formula is C17H29N3O. The largest absolute Gasteiger partial charge is 0.354 e. The van der Waals surface area contributed by atoms with E-state index in [4.69, 9.17) is 0 Å². The van der Waals surface area contributed by atoms with E-state index in [1.165, 1.54) is 5.56 Å². The van der Waals surface area contributed by atoms with Crippen molar-refractivity contribution < 1.29 is 4.79 Å². The second kappa shape index (κ2) is 8.80. The van der Waals surface area contributed by atoms with Crippen LogP contribution >= 0.6 is 0 Å². The Morgan fingerprint density at radius 3 is 2.52 bits per heavy atom. The lowest BCUT2D eigenvalue weighted by molar-refractivity contribution is -0.121. The summed E-state index contributed by atoms with van der Waals surface area (Å²) in [6, 6.07) is 10.6. The van der Waals surface area contributed by atoms with Gasteiger partial charge in [-0.25, -0.2) is 0 Å². The average Bonchev–Trinajstić information content (AvgIpc) is 2.46. The minimum atomic E-state index is -0.145. The first-order valence-corrected chi connectivity index (χ1v) is 7.68. The predicted molar refractivity (Wildman–Crippen MR) is 88.2 cm³/mol. The molecule has 0 saturated carbocycles. The highest BCUT2D eigenvalue weighted by molar-refractivity contribution is 5.75.